The quantitative estimate of drug-likeness (QED) is 0.795. The van der Waals surface area contributed by atoms with E-state index in [1.807, 2.05) is 30.9 Å². The van der Waals surface area contributed by atoms with Crippen molar-refractivity contribution < 1.29 is 9.18 Å². The van der Waals surface area contributed by atoms with Gasteiger partial charge in [-0.25, -0.2) is 4.39 Å². The molecule has 2 aromatic carbocycles. The van der Waals surface area contributed by atoms with E-state index in [0.29, 0.717) is 6.54 Å². The molecule has 1 aliphatic rings. The smallest absolute Gasteiger partial charge is 0.238 e. The maximum Gasteiger partial charge on any atom is 0.238 e. The zero-order valence-electron chi connectivity index (χ0n) is 16.2. The van der Waals surface area contributed by atoms with E-state index in [-0.39, 0.29) is 18.3 Å². The van der Waals surface area contributed by atoms with Crippen molar-refractivity contribution in [2.45, 2.75) is 33.2 Å². The normalized spacial score (nSPS) is 14.0. The van der Waals surface area contributed by atoms with Gasteiger partial charge in [0.1, 0.15) is 5.82 Å². The Bertz CT molecular complexity index is 787. The number of nitrogens with one attached hydrogen (secondary N) is 1. The zero-order chi connectivity index (χ0) is 19.2. The first-order valence-electron chi connectivity index (χ1n) is 9.67. The van der Waals surface area contributed by atoms with Crippen LogP contribution in [0.1, 0.15) is 30.9 Å². The lowest BCUT2D eigenvalue weighted by atomic mass is 10.1. The highest BCUT2D eigenvalue weighted by Crippen LogP contribution is 2.25. The highest BCUT2D eigenvalue weighted by Gasteiger charge is 2.15. The maximum absolute atomic E-state index is 13.4. The number of carbonyl (C=O) groups is 1. The van der Waals surface area contributed by atoms with Crippen molar-refractivity contribution >= 4 is 17.3 Å². The summed E-state index contributed by atoms with van der Waals surface area (Å²) in [5, 5.41) is 3.02. The summed E-state index contributed by atoms with van der Waals surface area (Å²) in [4.78, 5) is 16.9. The van der Waals surface area contributed by atoms with Gasteiger partial charge in [0, 0.05) is 31.0 Å². The van der Waals surface area contributed by atoms with Crippen LogP contribution in [0.15, 0.2) is 42.5 Å². The molecule has 1 N–H and O–H groups in total. The Morgan fingerprint density at radius 1 is 1.19 bits per heavy atom. The third kappa shape index (κ3) is 5.30. The van der Waals surface area contributed by atoms with Gasteiger partial charge in [0.2, 0.25) is 5.91 Å². The van der Waals surface area contributed by atoms with Gasteiger partial charge in [-0.1, -0.05) is 19.1 Å². The second-order valence-electron chi connectivity index (χ2n) is 7.17. The van der Waals surface area contributed by atoms with E-state index >= 15 is 0 Å². The lowest BCUT2D eigenvalue weighted by molar-refractivity contribution is -0.117. The summed E-state index contributed by atoms with van der Waals surface area (Å²) in [6, 6.07) is 12.7. The Hall–Kier alpha value is -2.40. The fourth-order valence-corrected chi connectivity index (χ4v) is 3.53. The second kappa shape index (κ2) is 9.00. The SMILES string of the molecule is CCN(CC(=O)Nc1ccc(N2CCCC2)cc1C)Cc1cccc(F)c1. The van der Waals surface area contributed by atoms with Gasteiger partial charge in [0.05, 0.1) is 6.54 Å². The van der Waals surface area contributed by atoms with Crippen LogP contribution in [-0.2, 0) is 11.3 Å². The molecule has 1 aliphatic heterocycles. The number of benzene rings is 2. The van der Waals surface area contributed by atoms with E-state index in [9.17, 15) is 9.18 Å². The Morgan fingerprint density at radius 2 is 1.96 bits per heavy atom. The molecule has 0 radical (unpaired) electrons. The van der Waals surface area contributed by atoms with Crippen LogP contribution in [0.25, 0.3) is 0 Å². The Labute approximate surface area is 161 Å². The summed E-state index contributed by atoms with van der Waals surface area (Å²) in [5.41, 5.74) is 4.02. The molecule has 1 fully saturated rings. The molecule has 0 spiro atoms. The molecular weight excluding hydrogens is 341 g/mol. The molecule has 0 bridgehead atoms. The molecule has 1 amide bonds. The predicted octanol–water partition coefficient (Wildman–Crippen LogP) is 4.19. The summed E-state index contributed by atoms with van der Waals surface area (Å²) < 4.78 is 13.4. The highest BCUT2D eigenvalue weighted by atomic mass is 19.1. The number of hydrogen-bond donors (Lipinski definition) is 1. The average molecular weight is 369 g/mol. The third-order valence-corrected chi connectivity index (χ3v) is 5.06. The van der Waals surface area contributed by atoms with Crippen molar-refractivity contribution in [3.63, 3.8) is 0 Å². The highest BCUT2D eigenvalue weighted by molar-refractivity contribution is 5.93. The monoisotopic (exact) mass is 369 g/mol. The van der Waals surface area contributed by atoms with Crippen LogP contribution >= 0.6 is 0 Å². The summed E-state index contributed by atoms with van der Waals surface area (Å²) >= 11 is 0. The molecule has 144 valence electrons. The fraction of sp³-hybridized carbons (Fsp3) is 0.409. The lowest BCUT2D eigenvalue weighted by Gasteiger charge is -2.21. The molecule has 0 aliphatic carbocycles. The average Bonchev–Trinajstić information content (AvgIpc) is 3.17. The van der Waals surface area contributed by atoms with Gasteiger partial charge in [-0.05, 0) is 67.8 Å². The molecule has 1 saturated heterocycles. The molecule has 0 aromatic heterocycles. The number of carbonyl (C=O) groups excluding carboxylic acids is 1. The lowest BCUT2D eigenvalue weighted by Crippen LogP contribution is -2.33. The van der Waals surface area contributed by atoms with E-state index in [1.165, 1.54) is 30.7 Å². The maximum atomic E-state index is 13.4. The summed E-state index contributed by atoms with van der Waals surface area (Å²) in [6.45, 7) is 7.79. The van der Waals surface area contributed by atoms with E-state index in [4.69, 9.17) is 0 Å². The van der Waals surface area contributed by atoms with Crippen LogP contribution in [-0.4, -0.2) is 37.0 Å². The Kier molecular flexibility index (Phi) is 6.45. The molecule has 2 aromatic rings. The molecule has 4 nitrogen and oxygen atoms in total. The van der Waals surface area contributed by atoms with Crippen LogP contribution < -0.4 is 10.2 Å². The molecule has 0 unspecified atom stereocenters. The van der Waals surface area contributed by atoms with Crippen molar-refractivity contribution in [1.29, 1.82) is 0 Å². The van der Waals surface area contributed by atoms with Crippen LogP contribution in [0.2, 0.25) is 0 Å². The minimum atomic E-state index is -0.248. The number of amides is 1. The van der Waals surface area contributed by atoms with E-state index in [0.717, 1.165) is 36.4 Å². The second-order valence-corrected chi connectivity index (χ2v) is 7.17. The van der Waals surface area contributed by atoms with Crippen LogP contribution in [0.4, 0.5) is 15.8 Å². The van der Waals surface area contributed by atoms with Gasteiger partial charge in [-0.3, -0.25) is 9.69 Å². The van der Waals surface area contributed by atoms with Crippen LogP contribution in [0.3, 0.4) is 0 Å². The zero-order valence-corrected chi connectivity index (χ0v) is 16.2. The molecule has 0 atom stereocenters. The minimum Gasteiger partial charge on any atom is -0.372 e. The van der Waals surface area contributed by atoms with Crippen molar-refractivity contribution in [2.75, 3.05) is 36.4 Å². The molecular formula is C22H28FN3O. The van der Waals surface area contributed by atoms with Gasteiger partial charge in [0.15, 0.2) is 0 Å². The van der Waals surface area contributed by atoms with E-state index in [1.54, 1.807) is 6.07 Å². The molecule has 3 rings (SSSR count). The number of aryl methyl sites for hydroxylation is 1. The first-order valence-corrected chi connectivity index (χ1v) is 9.67. The van der Waals surface area contributed by atoms with Gasteiger partial charge in [0.25, 0.3) is 0 Å². The van der Waals surface area contributed by atoms with Gasteiger partial charge in [-0.2, -0.15) is 0 Å². The standard InChI is InChI=1S/C22H28FN3O/c1-3-25(15-18-7-6-8-19(23)14-18)16-22(27)24-21-10-9-20(13-17(21)2)26-11-4-5-12-26/h6-10,13-14H,3-5,11-12,15-16H2,1-2H3,(H,24,27). The number of likely N-dealkylation sites (N-methyl/N-ethyl adjacent to an activating group) is 1. The minimum absolute atomic E-state index is 0.0507. The topological polar surface area (TPSA) is 35.6 Å². The Morgan fingerprint density at radius 3 is 2.63 bits per heavy atom. The predicted molar refractivity (Wildman–Crippen MR) is 109 cm³/mol. The summed E-state index contributed by atoms with van der Waals surface area (Å²) in [6.07, 6.45) is 2.49. The van der Waals surface area contributed by atoms with Gasteiger partial charge in [-0.15, -0.1) is 0 Å². The largest absolute Gasteiger partial charge is 0.372 e. The number of halogens is 1. The Balaban J connectivity index is 1.58. The first-order chi connectivity index (χ1) is 13.0. The van der Waals surface area contributed by atoms with Crippen molar-refractivity contribution in [3.8, 4) is 0 Å². The summed E-state index contributed by atoms with van der Waals surface area (Å²) in [5.74, 6) is -0.299. The molecule has 1 heterocycles. The van der Waals surface area contributed by atoms with Gasteiger partial charge < -0.3 is 10.2 Å². The number of anilines is 2. The molecule has 5 heteroatoms. The van der Waals surface area contributed by atoms with Crippen molar-refractivity contribution in [1.82, 2.24) is 4.90 Å². The fourth-order valence-electron chi connectivity index (χ4n) is 3.53. The van der Waals surface area contributed by atoms with Crippen molar-refractivity contribution in [2.24, 2.45) is 0 Å². The first kappa shape index (κ1) is 19.4. The molecule has 27 heavy (non-hydrogen) atoms. The van der Waals surface area contributed by atoms with Crippen LogP contribution in [0.5, 0.6) is 0 Å². The van der Waals surface area contributed by atoms with E-state index in [2.05, 4.69) is 22.3 Å². The molecule has 0 saturated carbocycles. The number of rotatable bonds is 7. The number of hydrogen-bond acceptors (Lipinski definition) is 3. The van der Waals surface area contributed by atoms with E-state index < -0.39 is 0 Å². The van der Waals surface area contributed by atoms with Crippen molar-refractivity contribution in [3.05, 3.63) is 59.4 Å². The number of nitrogens with zero attached hydrogens (tertiary/aromatic N) is 2. The summed E-state index contributed by atoms with van der Waals surface area (Å²) in [7, 11) is 0. The van der Waals surface area contributed by atoms with Crippen LogP contribution in [0, 0.1) is 12.7 Å². The van der Waals surface area contributed by atoms with Gasteiger partial charge >= 0.3 is 0 Å². The third-order valence-electron chi connectivity index (χ3n) is 5.06.